The lowest BCUT2D eigenvalue weighted by Crippen LogP contribution is -2.44. The van der Waals surface area contributed by atoms with Crippen LogP contribution in [0.1, 0.15) is 51.0 Å². The molecule has 3 aliphatic rings. The minimum absolute atomic E-state index is 0.00353. The number of hydrogen-bond donors (Lipinski definition) is 1. The van der Waals surface area contributed by atoms with E-state index >= 15 is 0 Å². The molecule has 1 aliphatic carbocycles. The summed E-state index contributed by atoms with van der Waals surface area (Å²) in [5.74, 6) is 1.47. The van der Waals surface area contributed by atoms with Gasteiger partial charge in [0.2, 0.25) is 5.91 Å². The van der Waals surface area contributed by atoms with Gasteiger partial charge in [0, 0.05) is 18.0 Å². The SMILES string of the molecule is O=C(Nc1ccnn1C1CCCC1)C1CCN(C2CCS(=O)(=O)C2)CC1. The maximum Gasteiger partial charge on any atom is 0.228 e. The summed E-state index contributed by atoms with van der Waals surface area (Å²) in [5.41, 5.74) is 0. The maximum absolute atomic E-state index is 12.7. The van der Waals surface area contributed by atoms with Crippen LogP contribution in [0, 0.1) is 5.92 Å². The van der Waals surface area contributed by atoms with E-state index in [1.54, 1.807) is 6.20 Å². The summed E-state index contributed by atoms with van der Waals surface area (Å²) in [6.07, 6.45) is 8.80. The molecule has 0 aromatic carbocycles. The first-order valence-electron chi connectivity index (χ1n) is 9.81. The first-order chi connectivity index (χ1) is 12.5. The molecule has 2 saturated heterocycles. The highest BCUT2D eigenvalue weighted by atomic mass is 32.2. The number of aromatic nitrogens is 2. The van der Waals surface area contributed by atoms with E-state index in [2.05, 4.69) is 15.3 Å². The van der Waals surface area contributed by atoms with Gasteiger partial charge in [0.25, 0.3) is 0 Å². The van der Waals surface area contributed by atoms with Crippen LogP contribution < -0.4 is 5.32 Å². The summed E-state index contributed by atoms with van der Waals surface area (Å²) in [6.45, 7) is 1.61. The largest absolute Gasteiger partial charge is 0.311 e. The van der Waals surface area contributed by atoms with Gasteiger partial charge in [-0.2, -0.15) is 5.10 Å². The van der Waals surface area contributed by atoms with E-state index < -0.39 is 9.84 Å². The smallest absolute Gasteiger partial charge is 0.228 e. The predicted molar refractivity (Wildman–Crippen MR) is 99.7 cm³/mol. The molecule has 8 heteroatoms. The molecule has 3 heterocycles. The minimum atomic E-state index is -2.85. The van der Waals surface area contributed by atoms with Crippen LogP contribution in [-0.2, 0) is 14.6 Å². The zero-order chi connectivity index (χ0) is 18.1. The number of piperidine rings is 1. The molecule has 1 aromatic rings. The molecule has 7 nitrogen and oxygen atoms in total. The summed E-state index contributed by atoms with van der Waals surface area (Å²) in [4.78, 5) is 15.0. The Hall–Kier alpha value is -1.41. The molecule has 1 saturated carbocycles. The number of carbonyl (C=O) groups excluding carboxylic acids is 1. The van der Waals surface area contributed by atoms with Crippen LogP contribution in [0.15, 0.2) is 12.3 Å². The average Bonchev–Trinajstić information content (AvgIpc) is 3.35. The minimum Gasteiger partial charge on any atom is -0.311 e. The lowest BCUT2D eigenvalue weighted by atomic mass is 9.94. The zero-order valence-electron chi connectivity index (χ0n) is 15.1. The quantitative estimate of drug-likeness (QED) is 0.862. The van der Waals surface area contributed by atoms with Crippen molar-refractivity contribution in [2.75, 3.05) is 29.9 Å². The molecular formula is C18H28N4O3S. The summed E-state index contributed by atoms with van der Waals surface area (Å²) >= 11 is 0. The highest BCUT2D eigenvalue weighted by Gasteiger charge is 2.35. The van der Waals surface area contributed by atoms with Crippen molar-refractivity contribution in [3.8, 4) is 0 Å². The number of anilines is 1. The molecule has 1 atom stereocenters. The Balaban J connectivity index is 1.31. The van der Waals surface area contributed by atoms with Crippen LogP contribution in [0.25, 0.3) is 0 Å². The number of sulfone groups is 1. The van der Waals surface area contributed by atoms with Crippen molar-refractivity contribution < 1.29 is 13.2 Å². The topological polar surface area (TPSA) is 84.3 Å². The van der Waals surface area contributed by atoms with E-state index in [4.69, 9.17) is 0 Å². The molecule has 4 rings (SSSR count). The van der Waals surface area contributed by atoms with Crippen molar-refractivity contribution in [2.24, 2.45) is 5.92 Å². The Bertz CT molecular complexity index is 746. The predicted octanol–water partition coefficient (Wildman–Crippen LogP) is 1.84. The Kier molecular flexibility index (Phi) is 5.05. The zero-order valence-corrected chi connectivity index (χ0v) is 16.0. The first-order valence-corrected chi connectivity index (χ1v) is 11.6. The van der Waals surface area contributed by atoms with Crippen LogP contribution in [0.4, 0.5) is 5.82 Å². The lowest BCUT2D eigenvalue weighted by Gasteiger charge is -2.34. The highest BCUT2D eigenvalue weighted by molar-refractivity contribution is 7.91. The molecule has 3 fully saturated rings. The summed E-state index contributed by atoms with van der Waals surface area (Å²) in [5, 5.41) is 7.49. The van der Waals surface area contributed by atoms with Gasteiger partial charge in [-0.05, 0) is 45.2 Å². The third-order valence-corrected chi connectivity index (χ3v) is 7.97. The van der Waals surface area contributed by atoms with E-state index in [1.807, 2.05) is 10.7 Å². The van der Waals surface area contributed by atoms with Crippen molar-refractivity contribution in [3.05, 3.63) is 12.3 Å². The van der Waals surface area contributed by atoms with E-state index in [0.717, 1.165) is 51.0 Å². The van der Waals surface area contributed by atoms with Crippen LogP contribution in [0.3, 0.4) is 0 Å². The fourth-order valence-electron chi connectivity index (χ4n) is 4.67. The van der Waals surface area contributed by atoms with Gasteiger partial charge in [-0.1, -0.05) is 12.8 Å². The fourth-order valence-corrected chi connectivity index (χ4v) is 6.43. The van der Waals surface area contributed by atoms with Gasteiger partial charge in [0.05, 0.1) is 23.7 Å². The second kappa shape index (κ2) is 7.31. The molecule has 1 aromatic heterocycles. The standard InChI is InChI=1S/C18H28N4O3S/c23-18(20-17-5-9-19-22(17)15-3-1-2-4-15)14-6-10-21(11-7-14)16-8-12-26(24,25)13-16/h5,9,14-16H,1-4,6-8,10-13H2,(H,20,23). The molecule has 1 amide bonds. The van der Waals surface area contributed by atoms with Gasteiger partial charge >= 0.3 is 0 Å². The first kappa shape index (κ1) is 18.0. The van der Waals surface area contributed by atoms with Crippen molar-refractivity contribution in [2.45, 2.75) is 57.0 Å². The number of rotatable bonds is 4. The van der Waals surface area contributed by atoms with Crippen LogP contribution >= 0.6 is 0 Å². The van der Waals surface area contributed by atoms with Gasteiger partial charge < -0.3 is 5.32 Å². The molecule has 144 valence electrons. The molecule has 26 heavy (non-hydrogen) atoms. The average molecular weight is 381 g/mol. The number of hydrogen-bond acceptors (Lipinski definition) is 5. The Morgan fingerprint density at radius 3 is 2.46 bits per heavy atom. The number of carbonyl (C=O) groups is 1. The molecule has 0 bridgehead atoms. The van der Waals surface area contributed by atoms with E-state index in [1.165, 1.54) is 12.8 Å². The number of nitrogens with zero attached hydrogens (tertiary/aromatic N) is 3. The van der Waals surface area contributed by atoms with Crippen LogP contribution in [0.2, 0.25) is 0 Å². The normalized spacial score (nSPS) is 27.8. The van der Waals surface area contributed by atoms with Gasteiger partial charge in [0.1, 0.15) is 5.82 Å². The molecule has 2 aliphatic heterocycles. The van der Waals surface area contributed by atoms with E-state index in [0.29, 0.717) is 11.8 Å². The van der Waals surface area contributed by atoms with Gasteiger partial charge in [-0.3, -0.25) is 9.69 Å². The summed E-state index contributed by atoms with van der Waals surface area (Å²) in [7, 11) is -2.85. The fraction of sp³-hybridized carbons (Fsp3) is 0.778. The third kappa shape index (κ3) is 3.81. The van der Waals surface area contributed by atoms with E-state index in [-0.39, 0.29) is 23.6 Å². The van der Waals surface area contributed by atoms with Crippen LogP contribution in [0.5, 0.6) is 0 Å². The third-order valence-electron chi connectivity index (χ3n) is 6.22. The van der Waals surface area contributed by atoms with Crippen molar-refractivity contribution in [1.29, 1.82) is 0 Å². The summed E-state index contributed by atoms with van der Waals surface area (Å²) in [6, 6.07) is 2.44. The Morgan fingerprint density at radius 2 is 1.81 bits per heavy atom. The number of nitrogens with one attached hydrogen (secondary N) is 1. The van der Waals surface area contributed by atoms with E-state index in [9.17, 15) is 13.2 Å². The summed E-state index contributed by atoms with van der Waals surface area (Å²) < 4.78 is 25.3. The number of likely N-dealkylation sites (tertiary alicyclic amines) is 1. The van der Waals surface area contributed by atoms with Gasteiger partial charge in [0.15, 0.2) is 9.84 Å². The van der Waals surface area contributed by atoms with Crippen molar-refractivity contribution in [1.82, 2.24) is 14.7 Å². The molecule has 1 unspecified atom stereocenters. The molecule has 0 spiro atoms. The molecular weight excluding hydrogens is 352 g/mol. The Labute approximate surface area is 155 Å². The van der Waals surface area contributed by atoms with Gasteiger partial charge in [-0.15, -0.1) is 0 Å². The monoisotopic (exact) mass is 380 g/mol. The molecule has 1 N–H and O–H groups in total. The Morgan fingerprint density at radius 1 is 1.08 bits per heavy atom. The van der Waals surface area contributed by atoms with Gasteiger partial charge in [-0.25, -0.2) is 13.1 Å². The number of amides is 1. The maximum atomic E-state index is 12.7. The van der Waals surface area contributed by atoms with Crippen molar-refractivity contribution in [3.63, 3.8) is 0 Å². The lowest BCUT2D eigenvalue weighted by molar-refractivity contribution is -0.121. The second-order valence-electron chi connectivity index (χ2n) is 7.96. The van der Waals surface area contributed by atoms with Crippen molar-refractivity contribution >= 4 is 21.6 Å². The second-order valence-corrected chi connectivity index (χ2v) is 10.2. The highest BCUT2D eigenvalue weighted by Crippen LogP contribution is 2.32. The van der Waals surface area contributed by atoms with Crippen LogP contribution in [-0.4, -0.2) is 59.6 Å². The molecule has 0 radical (unpaired) electrons.